The molecule has 2 rings (SSSR count). The van der Waals surface area contributed by atoms with Gasteiger partial charge in [0, 0.05) is 13.1 Å². The Balaban J connectivity index is 2.00. The van der Waals surface area contributed by atoms with Gasteiger partial charge in [-0.1, -0.05) is 12.1 Å². The molecule has 1 aliphatic rings. The van der Waals surface area contributed by atoms with Crippen LogP contribution in [0, 0.1) is 6.92 Å². The van der Waals surface area contributed by atoms with Crippen molar-refractivity contribution in [3.8, 4) is 5.75 Å². The van der Waals surface area contributed by atoms with E-state index in [9.17, 15) is 4.79 Å². The Morgan fingerprint density at radius 3 is 3.05 bits per heavy atom. The van der Waals surface area contributed by atoms with E-state index in [1.807, 2.05) is 25.1 Å². The molecular weight excluding hydrogens is 258 g/mol. The maximum atomic E-state index is 12.3. The van der Waals surface area contributed by atoms with Gasteiger partial charge in [0.15, 0.2) is 0 Å². The maximum Gasteiger partial charge on any atom is 0.227 e. The lowest BCUT2D eigenvalue weighted by Gasteiger charge is -2.32. The first-order valence-corrected chi connectivity index (χ1v) is 6.77. The smallest absolute Gasteiger partial charge is 0.227 e. The monoisotopic (exact) mass is 279 g/mol. The number of ether oxygens (including phenoxy) is 2. The average Bonchev–Trinajstić information content (AvgIpc) is 2.49. The topological polar surface area (TPSA) is 59.0 Å². The molecule has 0 spiro atoms. The number of nitrogens with zero attached hydrogens (tertiary/aromatic N) is 1. The van der Waals surface area contributed by atoms with Crippen LogP contribution in [-0.4, -0.2) is 55.4 Å². The van der Waals surface area contributed by atoms with Crippen molar-refractivity contribution < 1.29 is 19.4 Å². The molecule has 20 heavy (non-hydrogen) atoms. The van der Waals surface area contributed by atoms with Gasteiger partial charge in [0.1, 0.15) is 5.75 Å². The fourth-order valence-corrected chi connectivity index (χ4v) is 2.32. The normalized spacial score (nSPS) is 18.9. The van der Waals surface area contributed by atoms with Crippen molar-refractivity contribution >= 4 is 5.91 Å². The van der Waals surface area contributed by atoms with Crippen LogP contribution in [0.2, 0.25) is 0 Å². The van der Waals surface area contributed by atoms with Crippen LogP contribution in [0.25, 0.3) is 0 Å². The molecule has 0 aliphatic carbocycles. The van der Waals surface area contributed by atoms with Crippen molar-refractivity contribution in [3.63, 3.8) is 0 Å². The molecule has 110 valence electrons. The van der Waals surface area contributed by atoms with E-state index in [0.29, 0.717) is 26.1 Å². The summed E-state index contributed by atoms with van der Waals surface area (Å²) < 4.78 is 10.6. The van der Waals surface area contributed by atoms with E-state index >= 15 is 0 Å². The number of aryl methyl sites for hydroxylation is 1. The van der Waals surface area contributed by atoms with Crippen molar-refractivity contribution in [2.24, 2.45) is 0 Å². The molecule has 0 bridgehead atoms. The van der Waals surface area contributed by atoms with Crippen molar-refractivity contribution in [2.75, 3.05) is 33.4 Å². The zero-order valence-electron chi connectivity index (χ0n) is 12.0. The summed E-state index contributed by atoms with van der Waals surface area (Å²) in [4.78, 5) is 14.0. The van der Waals surface area contributed by atoms with E-state index in [2.05, 4.69) is 0 Å². The minimum absolute atomic E-state index is 0.0534. The molecule has 1 amide bonds. The molecule has 5 heteroatoms. The SMILES string of the molecule is COc1cc(CC(=O)N2CCOC(CO)C2)ccc1C. The van der Waals surface area contributed by atoms with Gasteiger partial charge in [-0.25, -0.2) is 0 Å². The molecule has 0 radical (unpaired) electrons. The first-order chi connectivity index (χ1) is 9.63. The van der Waals surface area contributed by atoms with Gasteiger partial charge < -0.3 is 19.5 Å². The first kappa shape index (κ1) is 14.8. The fraction of sp³-hybridized carbons (Fsp3) is 0.533. The molecule has 1 fully saturated rings. The fourth-order valence-electron chi connectivity index (χ4n) is 2.32. The molecule has 0 saturated carbocycles. The molecule has 1 aromatic carbocycles. The van der Waals surface area contributed by atoms with Gasteiger partial charge in [-0.15, -0.1) is 0 Å². The lowest BCUT2D eigenvalue weighted by molar-refractivity contribution is -0.139. The standard InChI is InChI=1S/C15H21NO4/c1-11-3-4-12(7-14(11)19-2)8-15(18)16-5-6-20-13(9-16)10-17/h3-4,7,13,17H,5-6,8-10H2,1-2H3. The van der Waals surface area contributed by atoms with Crippen LogP contribution >= 0.6 is 0 Å². The highest BCUT2D eigenvalue weighted by molar-refractivity contribution is 5.79. The van der Waals surface area contributed by atoms with Crippen molar-refractivity contribution in [1.82, 2.24) is 4.90 Å². The minimum Gasteiger partial charge on any atom is -0.496 e. The number of aliphatic hydroxyl groups excluding tert-OH is 1. The number of carbonyl (C=O) groups is 1. The van der Waals surface area contributed by atoms with Crippen LogP contribution in [0.5, 0.6) is 5.75 Å². The van der Waals surface area contributed by atoms with Crippen molar-refractivity contribution in [1.29, 1.82) is 0 Å². The van der Waals surface area contributed by atoms with Crippen molar-refractivity contribution in [3.05, 3.63) is 29.3 Å². The highest BCUT2D eigenvalue weighted by Crippen LogP contribution is 2.20. The van der Waals surface area contributed by atoms with E-state index in [1.54, 1.807) is 12.0 Å². The Bertz CT molecular complexity index is 475. The van der Waals surface area contributed by atoms with Gasteiger partial charge in [-0.05, 0) is 24.1 Å². The first-order valence-electron chi connectivity index (χ1n) is 6.77. The van der Waals surface area contributed by atoms with Crippen LogP contribution in [0.1, 0.15) is 11.1 Å². The Hall–Kier alpha value is -1.59. The lowest BCUT2D eigenvalue weighted by atomic mass is 10.1. The molecule has 1 aliphatic heterocycles. The molecule has 1 unspecified atom stereocenters. The van der Waals surface area contributed by atoms with Gasteiger partial charge >= 0.3 is 0 Å². The summed E-state index contributed by atoms with van der Waals surface area (Å²) in [6.45, 7) is 3.44. The molecule has 0 aromatic heterocycles. The predicted octanol–water partition coefficient (Wildman–Crippen LogP) is 0.766. The Kier molecular flexibility index (Phi) is 4.98. The number of methoxy groups -OCH3 is 1. The third-order valence-electron chi connectivity index (χ3n) is 3.52. The minimum atomic E-state index is -0.264. The highest BCUT2D eigenvalue weighted by Gasteiger charge is 2.23. The highest BCUT2D eigenvalue weighted by atomic mass is 16.5. The Labute approximate surface area is 119 Å². The number of rotatable bonds is 4. The Morgan fingerprint density at radius 2 is 2.35 bits per heavy atom. The molecule has 1 atom stereocenters. The second-order valence-corrected chi connectivity index (χ2v) is 5.00. The van der Waals surface area contributed by atoms with Gasteiger partial charge in [0.25, 0.3) is 0 Å². The molecule has 5 nitrogen and oxygen atoms in total. The molecule has 1 aromatic rings. The largest absolute Gasteiger partial charge is 0.496 e. The van der Waals surface area contributed by atoms with E-state index in [1.165, 1.54) is 0 Å². The third kappa shape index (κ3) is 3.49. The lowest BCUT2D eigenvalue weighted by Crippen LogP contribution is -2.47. The number of morpholine rings is 1. The zero-order chi connectivity index (χ0) is 14.5. The average molecular weight is 279 g/mol. The van der Waals surface area contributed by atoms with Gasteiger partial charge in [0.05, 0.1) is 32.8 Å². The Morgan fingerprint density at radius 1 is 1.55 bits per heavy atom. The quantitative estimate of drug-likeness (QED) is 0.884. The number of aliphatic hydroxyl groups is 1. The summed E-state index contributed by atoms with van der Waals surface area (Å²) >= 11 is 0. The van der Waals surface area contributed by atoms with Crippen molar-refractivity contribution in [2.45, 2.75) is 19.4 Å². The third-order valence-corrected chi connectivity index (χ3v) is 3.52. The predicted molar refractivity (Wildman–Crippen MR) is 74.8 cm³/mol. The molecule has 1 N–H and O–H groups in total. The van der Waals surface area contributed by atoms with Crippen LogP contribution < -0.4 is 4.74 Å². The summed E-state index contributed by atoms with van der Waals surface area (Å²) in [5, 5.41) is 9.10. The van der Waals surface area contributed by atoms with Crippen LogP contribution in [0.3, 0.4) is 0 Å². The summed E-state index contributed by atoms with van der Waals surface area (Å²) in [5.41, 5.74) is 1.99. The maximum absolute atomic E-state index is 12.3. The molecular formula is C15H21NO4. The second kappa shape index (κ2) is 6.72. The summed E-state index contributed by atoms with van der Waals surface area (Å²) in [5.74, 6) is 0.850. The number of amides is 1. The van der Waals surface area contributed by atoms with Crippen LogP contribution in [0.15, 0.2) is 18.2 Å². The zero-order valence-corrected chi connectivity index (χ0v) is 12.0. The second-order valence-electron chi connectivity index (χ2n) is 5.00. The number of hydrogen-bond acceptors (Lipinski definition) is 4. The number of hydrogen-bond donors (Lipinski definition) is 1. The van der Waals surface area contributed by atoms with Crippen LogP contribution in [0.4, 0.5) is 0 Å². The summed E-state index contributed by atoms with van der Waals surface area (Å²) in [7, 11) is 1.63. The van der Waals surface area contributed by atoms with Gasteiger partial charge in [-0.2, -0.15) is 0 Å². The molecule has 1 saturated heterocycles. The van der Waals surface area contributed by atoms with E-state index in [4.69, 9.17) is 14.6 Å². The van der Waals surface area contributed by atoms with E-state index in [-0.39, 0.29) is 18.6 Å². The van der Waals surface area contributed by atoms with Gasteiger partial charge in [0.2, 0.25) is 5.91 Å². The van der Waals surface area contributed by atoms with Gasteiger partial charge in [-0.3, -0.25) is 4.79 Å². The number of carbonyl (C=O) groups excluding carboxylic acids is 1. The van der Waals surface area contributed by atoms with E-state index in [0.717, 1.165) is 16.9 Å². The van der Waals surface area contributed by atoms with Crippen LogP contribution in [-0.2, 0) is 16.0 Å². The number of benzene rings is 1. The van der Waals surface area contributed by atoms with E-state index < -0.39 is 0 Å². The molecule has 1 heterocycles. The summed E-state index contributed by atoms with van der Waals surface area (Å²) in [6.07, 6.45) is 0.0784. The summed E-state index contributed by atoms with van der Waals surface area (Å²) in [6, 6.07) is 5.80.